The summed E-state index contributed by atoms with van der Waals surface area (Å²) in [5.74, 6) is 3.78. The highest BCUT2D eigenvalue weighted by atomic mass is 16.7. The predicted molar refractivity (Wildman–Crippen MR) is 141 cm³/mol. The van der Waals surface area contributed by atoms with Crippen LogP contribution in [0.2, 0.25) is 0 Å². The van der Waals surface area contributed by atoms with Gasteiger partial charge >= 0.3 is 0 Å². The van der Waals surface area contributed by atoms with E-state index < -0.39 is 0 Å². The van der Waals surface area contributed by atoms with Gasteiger partial charge in [0.25, 0.3) is 0 Å². The molecule has 38 heavy (non-hydrogen) atoms. The third-order valence-corrected chi connectivity index (χ3v) is 7.27. The summed E-state index contributed by atoms with van der Waals surface area (Å²) in [6, 6.07) is 15.6. The van der Waals surface area contributed by atoms with Crippen LogP contribution in [0.1, 0.15) is 34.0 Å². The molecule has 0 amide bonds. The van der Waals surface area contributed by atoms with E-state index in [0.717, 1.165) is 57.1 Å². The summed E-state index contributed by atoms with van der Waals surface area (Å²) in [6.07, 6.45) is 3.87. The van der Waals surface area contributed by atoms with Crippen LogP contribution in [-0.2, 0) is 19.6 Å². The maximum atomic E-state index is 13.4. The monoisotopic (exact) mass is 510 g/mol. The van der Waals surface area contributed by atoms with Crippen molar-refractivity contribution in [3.8, 4) is 28.7 Å². The van der Waals surface area contributed by atoms with Gasteiger partial charge in [-0.2, -0.15) is 0 Å². The van der Waals surface area contributed by atoms with Gasteiger partial charge in [0.1, 0.15) is 24.0 Å². The van der Waals surface area contributed by atoms with Crippen LogP contribution in [0.5, 0.6) is 28.7 Å². The van der Waals surface area contributed by atoms with Gasteiger partial charge in [-0.15, -0.1) is 0 Å². The molecule has 3 aliphatic rings. The SMILES string of the molecule is CCn1cc(/C=C2\Oc3c(ccc4c3CN(Cc3ccc5c(c3)OCO5)CO4)C2=O)c2cc(OC)ccc21. The van der Waals surface area contributed by atoms with Crippen LogP contribution < -0.4 is 23.7 Å². The minimum atomic E-state index is -0.129. The Balaban J connectivity index is 1.19. The van der Waals surface area contributed by atoms with E-state index in [9.17, 15) is 4.79 Å². The third-order valence-electron chi connectivity index (χ3n) is 7.27. The first kappa shape index (κ1) is 22.7. The van der Waals surface area contributed by atoms with Crippen LogP contribution >= 0.6 is 0 Å². The zero-order valence-electron chi connectivity index (χ0n) is 21.2. The Bertz CT molecular complexity index is 1640. The number of aromatic nitrogens is 1. The van der Waals surface area contributed by atoms with E-state index in [1.807, 2.05) is 54.7 Å². The summed E-state index contributed by atoms with van der Waals surface area (Å²) in [5.41, 5.74) is 4.51. The number of carbonyl (C=O) groups is 1. The van der Waals surface area contributed by atoms with Crippen molar-refractivity contribution in [3.05, 3.63) is 82.7 Å². The number of ketones is 1. The van der Waals surface area contributed by atoms with E-state index in [-0.39, 0.29) is 12.6 Å². The average Bonchev–Trinajstić information content (AvgIpc) is 3.64. The molecule has 8 heteroatoms. The lowest BCUT2D eigenvalue weighted by atomic mass is 10.0. The molecule has 0 bridgehead atoms. The normalized spacial score (nSPS) is 16.9. The van der Waals surface area contributed by atoms with E-state index in [2.05, 4.69) is 16.4 Å². The number of allylic oxidation sites excluding steroid dienone is 1. The van der Waals surface area contributed by atoms with Gasteiger partial charge in [0.2, 0.25) is 12.6 Å². The fraction of sp³-hybridized carbons (Fsp3) is 0.233. The zero-order chi connectivity index (χ0) is 25.8. The van der Waals surface area contributed by atoms with Crippen molar-refractivity contribution >= 4 is 22.8 Å². The molecule has 0 spiro atoms. The lowest BCUT2D eigenvalue weighted by Gasteiger charge is -2.29. The van der Waals surface area contributed by atoms with E-state index in [4.69, 9.17) is 23.7 Å². The molecule has 8 nitrogen and oxygen atoms in total. The highest BCUT2D eigenvalue weighted by Crippen LogP contribution is 2.43. The topological polar surface area (TPSA) is 71.4 Å². The number of hydrogen-bond donors (Lipinski definition) is 0. The maximum absolute atomic E-state index is 13.4. The lowest BCUT2D eigenvalue weighted by molar-refractivity contribution is 0.0872. The molecule has 0 atom stereocenters. The summed E-state index contributed by atoms with van der Waals surface area (Å²) in [6.45, 7) is 4.85. The van der Waals surface area contributed by atoms with Crippen molar-refractivity contribution in [1.29, 1.82) is 0 Å². The Morgan fingerprint density at radius 2 is 1.87 bits per heavy atom. The molecule has 7 rings (SSSR count). The second-order valence-corrected chi connectivity index (χ2v) is 9.56. The van der Waals surface area contributed by atoms with Crippen molar-refractivity contribution in [3.63, 3.8) is 0 Å². The first-order chi connectivity index (χ1) is 18.6. The fourth-order valence-electron chi connectivity index (χ4n) is 5.35. The maximum Gasteiger partial charge on any atom is 0.231 e. The number of fused-ring (bicyclic) bond motifs is 5. The molecule has 1 aromatic heterocycles. The second kappa shape index (κ2) is 8.85. The van der Waals surface area contributed by atoms with Gasteiger partial charge in [-0.3, -0.25) is 9.69 Å². The molecule has 4 aromatic rings. The highest BCUT2D eigenvalue weighted by Gasteiger charge is 2.34. The summed E-state index contributed by atoms with van der Waals surface area (Å²) in [7, 11) is 1.65. The van der Waals surface area contributed by atoms with Crippen LogP contribution in [0, 0.1) is 0 Å². The number of rotatable bonds is 5. The average molecular weight is 511 g/mol. The molecule has 0 saturated heterocycles. The number of ether oxygens (including phenoxy) is 5. The van der Waals surface area contributed by atoms with Crippen LogP contribution in [0.15, 0.2) is 60.5 Å². The Hall–Kier alpha value is -4.43. The first-order valence-electron chi connectivity index (χ1n) is 12.6. The van der Waals surface area contributed by atoms with Gasteiger partial charge in [0.05, 0.1) is 18.2 Å². The Morgan fingerprint density at radius 3 is 2.74 bits per heavy atom. The number of benzene rings is 3. The quantitative estimate of drug-likeness (QED) is 0.335. The zero-order valence-corrected chi connectivity index (χ0v) is 21.2. The van der Waals surface area contributed by atoms with Crippen LogP contribution in [-0.4, -0.2) is 35.9 Å². The molecular weight excluding hydrogens is 484 g/mol. The van der Waals surface area contributed by atoms with Crippen molar-refractivity contribution in [2.75, 3.05) is 20.6 Å². The first-order valence-corrected chi connectivity index (χ1v) is 12.6. The largest absolute Gasteiger partial charge is 0.497 e. The van der Waals surface area contributed by atoms with Gasteiger partial charge in [-0.05, 0) is 61.0 Å². The van der Waals surface area contributed by atoms with Gasteiger partial charge in [-0.1, -0.05) is 6.07 Å². The second-order valence-electron chi connectivity index (χ2n) is 9.56. The molecule has 0 radical (unpaired) electrons. The highest BCUT2D eigenvalue weighted by molar-refractivity contribution is 6.15. The Kier molecular flexibility index (Phi) is 5.30. The standard InChI is InChI=1S/C30H26N2O6/c1-3-32-14-19(22-12-20(34-2)5-7-24(22)32)11-28-29(33)21-6-9-25-23(30(21)38-28)15-31(16-35-25)13-18-4-8-26-27(10-18)37-17-36-26/h4-12,14H,3,13,15-17H2,1-2H3/b28-11-. The van der Waals surface area contributed by atoms with Gasteiger partial charge < -0.3 is 28.3 Å². The summed E-state index contributed by atoms with van der Waals surface area (Å²) < 4.78 is 30.8. The van der Waals surface area contributed by atoms with E-state index in [0.29, 0.717) is 36.9 Å². The minimum Gasteiger partial charge on any atom is -0.497 e. The van der Waals surface area contributed by atoms with Crippen molar-refractivity contribution in [1.82, 2.24) is 9.47 Å². The van der Waals surface area contributed by atoms with E-state index in [1.165, 1.54) is 0 Å². The molecule has 0 aliphatic carbocycles. The molecule has 3 aliphatic heterocycles. The Morgan fingerprint density at radius 1 is 1.00 bits per heavy atom. The molecule has 0 fully saturated rings. The van der Waals surface area contributed by atoms with Crippen LogP contribution in [0.3, 0.4) is 0 Å². The molecule has 0 unspecified atom stereocenters. The van der Waals surface area contributed by atoms with E-state index in [1.54, 1.807) is 13.2 Å². The fourth-order valence-corrected chi connectivity index (χ4v) is 5.35. The van der Waals surface area contributed by atoms with E-state index >= 15 is 0 Å². The Labute approximate surface area is 219 Å². The number of nitrogens with zero attached hydrogens (tertiary/aromatic N) is 2. The molecular formula is C30H26N2O6. The summed E-state index contributed by atoms with van der Waals surface area (Å²) in [5, 5.41) is 1.01. The number of hydrogen-bond acceptors (Lipinski definition) is 7. The summed E-state index contributed by atoms with van der Waals surface area (Å²) in [4.78, 5) is 15.6. The predicted octanol–water partition coefficient (Wildman–Crippen LogP) is 5.37. The van der Waals surface area contributed by atoms with Gasteiger partial charge in [0.15, 0.2) is 17.3 Å². The summed E-state index contributed by atoms with van der Waals surface area (Å²) >= 11 is 0. The lowest BCUT2D eigenvalue weighted by Crippen LogP contribution is -2.31. The number of Topliss-reactive ketones (excluding diaryl/α,β-unsaturated/α-hetero) is 1. The molecule has 4 heterocycles. The number of methoxy groups -OCH3 is 1. The van der Waals surface area contributed by atoms with Crippen LogP contribution in [0.4, 0.5) is 0 Å². The van der Waals surface area contributed by atoms with Gasteiger partial charge in [0, 0.05) is 42.3 Å². The number of aryl methyl sites for hydroxylation is 1. The van der Waals surface area contributed by atoms with Crippen molar-refractivity contribution < 1.29 is 28.5 Å². The molecule has 0 saturated carbocycles. The van der Waals surface area contributed by atoms with Gasteiger partial charge in [-0.25, -0.2) is 0 Å². The van der Waals surface area contributed by atoms with Crippen LogP contribution in [0.25, 0.3) is 17.0 Å². The molecule has 3 aromatic carbocycles. The van der Waals surface area contributed by atoms with Crippen molar-refractivity contribution in [2.24, 2.45) is 0 Å². The third kappa shape index (κ3) is 3.68. The van der Waals surface area contributed by atoms with Crippen molar-refractivity contribution in [2.45, 2.75) is 26.6 Å². The smallest absolute Gasteiger partial charge is 0.231 e. The number of carbonyl (C=O) groups excluding carboxylic acids is 1. The minimum absolute atomic E-state index is 0.129. The molecule has 0 N–H and O–H groups in total. The molecule has 192 valence electrons.